The Bertz CT molecular complexity index is 980. The minimum atomic E-state index is -4.46. The number of carbonyl (C=O) groups is 3. The standard InChI is InChI=1S/C19H16F3N3O4S/c1-29-14-7-2-10(9-15-16(26)25-18(28)30-15)8-13(14)24-17(27)23-12-5-3-11(4-6-12)19(20,21)22/h2-8,15H,9H2,1H3,(H2,23,24,27)(H,25,26,28). The number of hydrogen-bond acceptors (Lipinski definition) is 5. The molecule has 30 heavy (non-hydrogen) atoms. The van der Waals surface area contributed by atoms with Crippen LogP contribution in [0.15, 0.2) is 42.5 Å². The van der Waals surface area contributed by atoms with E-state index in [4.69, 9.17) is 4.74 Å². The van der Waals surface area contributed by atoms with Crippen molar-refractivity contribution in [2.24, 2.45) is 0 Å². The smallest absolute Gasteiger partial charge is 0.416 e. The molecule has 0 aromatic heterocycles. The molecule has 3 N–H and O–H groups in total. The zero-order chi connectivity index (χ0) is 21.9. The van der Waals surface area contributed by atoms with Crippen molar-refractivity contribution in [3.05, 3.63) is 53.6 Å². The second-order valence-corrected chi connectivity index (χ2v) is 7.45. The molecule has 1 atom stereocenters. The molecule has 1 unspecified atom stereocenters. The van der Waals surface area contributed by atoms with Crippen molar-refractivity contribution in [3.63, 3.8) is 0 Å². The molecule has 1 fully saturated rings. The minimum absolute atomic E-state index is 0.174. The maximum absolute atomic E-state index is 12.6. The molecule has 2 aromatic carbocycles. The van der Waals surface area contributed by atoms with E-state index in [1.54, 1.807) is 18.2 Å². The normalized spacial score (nSPS) is 16.2. The average molecular weight is 439 g/mol. The van der Waals surface area contributed by atoms with Crippen molar-refractivity contribution in [2.45, 2.75) is 17.8 Å². The predicted octanol–water partition coefficient (Wildman–Crippen LogP) is 4.25. The van der Waals surface area contributed by atoms with Crippen LogP contribution in [0.3, 0.4) is 0 Å². The van der Waals surface area contributed by atoms with Crippen LogP contribution in [0.1, 0.15) is 11.1 Å². The molecule has 0 radical (unpaired) electrons. The second kappa shape index (κ2) is 8.66. The number of nitrogens with one attached hydrogen (secondary N) is 3. The molecule has 0 bridgehead atoms. The number of hydrogen-bond donors (Lipinski definition) is 3. The van der Waals surface area contributed by atoms with Crippen LogP contribution in [0.2, 0.25) is 0 Å². The number of ether oxygens (including phenoxy) is 1. The lowest BCUT2D eigenvalue weighted by atomic mass is 10.1. The Balaban J connectivity index is 1.69. The summed E-state index contributed by atoms with van der Waals surface area (Å²) < 4.78 is 43.1. The lowest BCUT2D eigenvalue weighted by Crippen LogP contribution is -2.25. The second-order valence-electron chi connectivity index (χ2n) is 6.28. The topological polar surface area (TPSA) is 96.5 Å². The maximum atomic E-state index is 12.6. The van der Waals surface area contributed by atoms with Crippen molar-refractivity contribution in [3.8, 4) is 5.75 Å². The van der Waals surface area contributed by atoms with E-state index >= 15 is 0 Å². The van der Waals surface area contributed by atoms with E-state index in [0.717, 1.165) is 36.0 Å². The van der Waals surface area contributed by atoms with Gasteiger partial charge in [0, 0.05) is 5.69 Å². The lowest BCUT2D eigenvalue weighted by Gasteiger charge is -2.14. The monoisotopic (exact) mass is 439 g/mol. The molecule has 2 aromatic rings. The van der Waals surface area contributed by atoms with Crippen molar-refractivity contribution in [2.75, 3.05) is 17.7 Å². The van der Waals surface area contributed by atoms with E-state index < -0.39 is 28.3 Å². The van der Waals surface area contributed by atoms with E-state index in [1.165, 1.54) is 7.11 Å². The summed E-state index contributed by atoms with van der Waals surface area (Å²) in [7, 11) is 1.41. The van der Waals surface area contributed by atoms with Crippen LogP contribution in [0.4, 0.5) is 34.1 Å². The number of alkyl halides is 3. The molecule has 1 aliphatic heterocycles. The van der Waals surface area contributed by atoms with Crippen LogP contribution in [0.5, 0.6) is 5.75 Å². The molecule has 11 heteroatoms. The Hall–Kier alpha value is -3.21. The highest BCUT2D eigenvalue weighted by molar-refractivity contribution is 8.15. The highest BCUT2D eigenvalue weighted by Crippen LogP contribution is 2.31. The fourth-order valence-electron chi connectivity index (χ4n) is 2.75. The molecule has 4 amide bonds. The summed E-state index contributed by atoms with van der Waals surface area (Å²) in [5.74, 6) is -0.0312. The van der Waals surface area contributed by atoms with Gasteiger partial charge in [-0.05, 0) is 48.4 Å². The molecular formula is C19H16F3N3O4S. The average Bonchev–Trinajstić information content (AvgIpc) is 2.98. The number of anilines is 2. The first-order valence-electron chi connectivity index (χ1n) is 8.59. The van der Waals surface area contributed by atoms with Crippen LogP contribution >= 0.6 is 11.8 Å². The Morgan fingerprint density at radius 3 is 2.40 bits per heavy atom. The molecule has 0 aliphatic carbocycles. The van der Waals surface area contributed by atoms with Crippen LogP contribution < -0.4 is 20.7 Å². The Kier molecular flexibility index (Phi) is 6.20. The third kappa shape index (κ3) is 5.23. The van der Waals surface area contributed by atoms with E-state index in [9.17, 15) is 27.6 Å². The van der Waals surface area contributed by atoms with Gasteiger partial charge < -0.3 is 15.4 Å². The van der Waals surface area contributed by atoms with Crippen LogP contribution in [0, 0.1) is 0 Å². The molecule has 158 valence electrons. The summed E-state index contributed by atoms with van der Waals surface area (Å²) in [5, 5.41) is 6.24. The Morgan fingerprint density at radius 1 is 1.13 bits per heavy atom. The van der Waals surface area contributed by atoms with Gasteiger partial charge in [0.15, 0.2) is 0 Å². The Labute approximate surface area is 173 Å². The summed E-state index contributed by atoms with van der Waals surface area (Å²) in [6.45, 7) is 0. The molecular weight excluding hydrogens is 423 g/mol. The number of thioether (sulfide) groups is 1. The fourth-order valence-corrected chi connectivity index (χ4v) is 3.61. The first-order chi connectivity index (χ1) is 14.2. The number of amides is 4. The fraction of sp³-hybridized carbons (Fsp3) is 0.211. The summed E-state index contributed by atoms with van der Waals surface area (Å²) in [5.41, 5.74) is 0.334. The van der Waals surface area contributed by atoms with E-state index in [1.807, 2.05) is 0 Å². The summed E-state index contributed by atoms with van der Waals surface area (Å²) in [6, 6.07) is 8.23. The van der Waals surface area contributed by atoms with Gasteiger partial charge >= 0.3 is 12.2 Å². The largest absolute Gasteiger partial charge is 0.495 e. The molecule has 1 heterocycles. The van der Waals surface area contributed by atoms with Gasteiger partial charge in [-0.1, -0.05) is 17.8 Å². The van der Waals surface area contributed by atoms with E-state index in [2.05, 4.69) is 16.0 Å². The highest BCUT2D eigenvalue weighted by Gasteiger charge is 2.32. The summed E-state index contributed by atoms with van der Waals surface area (Å²) in [6.07, 6.45) is -4.20. The zero-order valence-corrected chi connectivity index (χ0v) is 16.3. The first-order valence-corrected chi connectivity index (χ1v) is 9.47. The van der Waals surface area contributed by atoms with Crippen LogP contribution in [0.25, 0.3) is 0 Å². The lowest BCUT2D eigenvalue weighted by molar-refractivity contribution is -0.137. The van der Waals surface area contributed by atoms with Gasteiger partial charge in [-0.2, -0.15) is 13.2 Å². The molecule has 7 nitrogen and oxygen atoms in total. The van der Waals surface area contributed by atoms with Gasteiger partial charge in [-0.3, -0.25) is 14.9 Å². The van der Waals surface area contributed by atoms with Crippen LogP contribution in [-0.4, -0.2) is 29.5 Å². The number of rotatable bonds is 5. The van der Waals surface area contributed by atoms with Crippen LogP contribution in [-0.2, 0) is 17.4 Å². The number of carbonyl (C=O) groups excluding carboxylic acids is 3. The van der Waals surface area contributed by atoms with Crippen molar-refractivity contribution in [1.82, 2.24) is 5.32 Å². The number of benzene rings is 2. The van der Waals surface area contributed by atoms with Gasteiger partial charge in [0.25, 0.3) is 5.24 Å². The molecule has 1 aliphatic rings. The molecule has 1 saturated heterocycles. The van der Waals surface area contributed by atoms with E-state index in [-0.39, 0.29) is 18.0 Å². The van der Waals surface area contributed by atoms with E-state index in [0.29, 0.717) is 17.0 Å². The third-order valence-corrected chi connectivity index (χ3v) is 5.15. The number of imide groups is 1. The van der Waals surface area contributed by atoms with Crippen molar-refractivity contribution in [1.29, 1.82) is 0 Å². The molecule has 0 saturated carbocycles. The van der Waals surface area contributed by atoms with Crippen molar-refractivity contribution < 1.29 is 32.3 Å². The Morgan fingerprint density at radius 2 is 1.83 bits per heavy atom. The quantitative estimate of drug-likeness (QED) is 0.647. The predicted molar refractivity (Wildman–Crippen MR) is 106 cm³/mol. The van der Waals surface area contributed by atoms with Crippen molar-refractivity contribution >= 4 is 40.3 Å². The third-order valence-electron chi connectivity index (χ3n) is 4.17. The molecule has 0 spiro atoms. The maximum Gasteiger partial charge on any atom is 0.416 e. The van der Waals surface area contributed by atoms with Gasteiger partial charge in [-0.15, -0.1) is 0 Å². The van der Waals surface area contributed by atoms with Gasteiger partial charge in [-0.25, -0.2) is 4.79 Å². The summed E-state index contributed by atoms with van der Waals surface area (Å²) >= 11 is 0.892. The van der Waals surface area contributed by atoms with Gasteiger partial charge in [0.2, 0.25) is 5.91 Å². The number of urea groups is 1. The minimum Gasteiger partial charge on any atom is -0.495 e. The summed E-state index contributed by atoms with van der Waals surface area (Å²) in [4.78, 5) is 35.3. The number of halogens is 3. The van der Waals surface area contributed by atoms with Gasteiger partial charge in [0.1, 0.15) is 5.75 Å². The first kappa shape index (κ1) is 21.5. The number of methoxy groups -OCH3 is 1. The zero-order valence-electron chi connectivity index (χ0n) is 15.5. The SMILES string of the molecule is COc1ccc(CC2SC(=O)NC2=O)cc1NC(=O)Nc1ccc(C(F)(F)F)cc1. The van der Waals surface area contributed by atoms with Gasteiger partial charge in [0.05, 0.1) is 23.6 Å². The highest BCUT2D eigenvalue weighted by atomic mass is 32.2. The molecule has 3 rings (SSSR count).